The third-order valence-electron chi connectivity index (χ3n) is 2.64. The van der Waals surface area contributed by atoms with E-state index < -0.39 is 10.8 Å². The van der Waals surface area contributed by atoms with E-state index in [1.54, 1.807) is 0 Å². The summed E-state index contributed by atoms with van der Waals surface area (Å²) in [6.07, 6.45) is 0.924. The summed E-state index contributed by atoms with van der Waals surface area (Å²) in [6, 6.07) is 6.06. The molecule has 0 aliphatic carbocycles. The molecule has 2 unspecified atom stereocenters. The van der Waals surface area contributed by atoms with Gasteiger partial charge in [0.1, 0.15) is 0 Å². The Bertz CT molecular complexity index is 394. The predicted molar refractivity (Wildman–Crippen MR) is 63.8 cm³/mol. The summed E-state index contributed by atoms with van der Waals surface area (Å²) in [5.41, 5.74) is 1.11. The summed E-state index contributed by atoms with van der Waals surface area (Å²) >= 11 is 6.08. The maximum Gasteiger partial charge on any atom is 0.0622 e. The van der Waals surface area contributed by atoms with Gasteiger partial charge in [0.05, 0.1) is 20.7 Å². The van der Waals surface area contributed by atoms with Crippen molar-refractivity contribution in [2.45, 2.75) is 24.3 Å². The molecular weight excluding hydrogens is 230 g/mol. The van der Waals surface area contributed by atoms with Crippen molar-refractivity contribution < 1.29 is 4.21 Å². The predicted octanol–water partition coefficient (Wildman–Crippen LogP) is 2.50. The molecule has 15 heavy (non-hydrogen) atoms. The van der Waals surface area contributed by atoms with Crippen LogP contribution in [0.3, 0.4) is 0 Å². The minimum Gasteiger partial charge on any atom is -0.310 e. The van der Waals surface area contributed by atoms with Crippen molar-refractivity contribution in [3.8, 4) is 0 Å². The first-order valence-electron chi connectivity index (χ1n) is 5.14. The van der Waals surface area contributed by atoms with Gasteiger partial charge in [-0.3, -0.25) is 4.21 Å². The molecule has 2 rings (SSSR count). The Kier molecular flexibility index (Phi) is 3.44. The molecule has 82 valence electrons. The second-order valence-electron chi connectivity index (χ2n) is 3.61. The van der Waals surface area contributed by atoms with Crippen LogP contribution >= 0.6 is 11.6 Å². The van der Waals surface area contributed by atoms with E-state index in [1.165, 1.54) is 0 Å². The zero-order chi connectivity index (χ0) is 10.8. The fourth-order valence-corrected chi connectivity index (χ4v) is 3.83. The van der Waals surface area contributed by atoms with Crippen molar-refractivity contribution in [1.29, 1.82) is 0 Å². The standard InChI is InChI=1S/C11H14ClNOS/c1-2-13-10-6-7-15(14)11-8(10)4-3-5-9(11)12/h3-5,10,13H,2,6-7H2,1H3. The first-order chi connectivity index (χ1) is 7.24. The van der Waals surface area contributed by atoms with Crippen LogP contribution in [0.5, 0.6) is 0 Å². The highest BCUT2D eigenvalue weighted by atomic mass is 35.5. The molecular formula is C11H14ClNOS. The molecule has 2 atom stereocenters. The van der Waals surface area contributed by atoms with Gasteiger partial charge in [-0.25, -0.2) is 0 Å². The second kappa shape index (κ2) is 4.64. The molecule has 0 saturated carbocycles. The minimum atomic E-state index is -0.923. The molecule has 0 amide bonds. The molecule has 1 N–H and O–H groups in total. The molecule has 0 radical (unpaired) electrons. The van der Waals surface area contributed by atoms with Crippen molar-refractivity contribution in [1.82, 2.24) is 5.32 Å². The molecule has 0 fully saturated rings. The van der Waals surface area contributed by atoms with Crippen LogP contribution < -0.4 is 5.32 Å². The van der Waals surface area contributed by atoms with Crippen molar-refractivity contribution in [3.05, 3.63) is 28.8 Å². The summed E-state index contributed by atoms with van der Waals surface area (Å²) in [6.45, 7) is 3.00. The highest BCUT2D eigenvalue weighted by molar-refractivity contribution is 7.85. The van der Waals surface area contributed by atoms with Gasteiger partial charge < -0.3 is 5.32 Å². The molecule has 4 heteroatoms. The molecule has 1 aromatic carbocycles. The maximum absolute atomic E-state index is 11.9. The average molecular weight is 244 g/mol. The summed E-state index contributed by atoms with van der Waals surface area (Å²) in [5, 5.41) is 4.03. The van der Waals surface area contributed by atoms with E-state index in [9.17, 15) is 4.21 Å². The minimum absolute atomic E-state index is 0.307. The Hall–Kier alpha value is -0.380. The normalized spacial score (nSPS) is 24.9. The zero-order valence-corrected chi connectivity index (χ0v) is 10.2. The maximum atomic E-state index is 11.9. The van der Waals surface area contributed by atoms with E-state index in [1.807, 2.05) is 18.2 Å². The quantitative estimate of drug-likeness (QED) is 0.865. The van der Waals surface area contributed by atoms with Gasteiger partial charge in [0, 0.05) is 11.8 Å². The molecule has 0 spiro atoms. The van der Waals surface area contributed by atoms with Gasteiger partial charge in [0.15, 0.2) is 0 Å². The fraction of sp³-hybridized carbons (Fsp3) is 0.455. The van der Waals surface area contributed by atoms with Crippen LogP contribution in [0, 0.1) is 0 Å². The van der Waals surface area contributed by atoms with Gasteiger partial charge in [-0.2, -0.15) is 0 Å². The van der Waals surface area contributed by atoms with Gasteiger partial charge in [-0.15, -0.1) is 0 Å². The third-order valence-corrected chi connectivity index (χ3v) is 4.59. The van der Waals surface area contributed by atoms with Gasteiger partial charge in [-0.1, -0.05) is 30.7 Å². The van der Waals surface area contributed by atoms with E-state index >= 15 is 0 Å². The van der Waals surface area contributed by atoms with Gasteiger partial charge >= 0.3 is 0 Å². The van der Waals surface area contributed by atoms with Crippen molar-refractivity contribution >= 4 is 22.4 Å². The molecule has 0 aromatic heterocycles. The third kappa shape index (κ3) is 2.10. The molecule has 1 aliphatic rings. The number of rotatable bonds is 2. The lowest BCUT2D eigenvalue weighted by Gasteiger charge is -2.26. The smallest absolute Gasteiger partial charge is 0.0622 e. The van der Waals surface area contributed by atoms with Crippen LogP contribution in [0.15, 0.2) is 23.1 Å². The average Bonchev–Trinajstić information content (AvgIpc) is 2.22. The van der Waals surface area contributed by atoms with Crippen LogP contribution in [-0.2, 0) is 10.8 Å². The molecule has 1 heterocycles. The van der Waals surface area contributed by atoms with E-state index in [2.05, 4.69) is 12.2 Å². The Morgan fingerprint density at radius 2 is 2.40 bits per heavy atom. The highest BCUT2D eigenvalue weighted by Crippen LogP contribution is 2.34. The Labute approximate surface area is 97.5 Å². The monoisotopic (exact) mass is 243 g/mol. The molecule has 1 aliphatic heterocycles. The Balaban J connectivity index is 2.45. The summed E-state index contributed by atoms with van der Waals surface area (Å²) < 4.78 is 11.9. The van der Waals surface area contributed by atoms with Crippen molar-refractivity contribution in [2.24, 2.45) is 0 Å². The van der Waals surface area contributed by atoms with E-state index in [-0.39, 0.29) is 0 Å². The molecule has 2 nitrogen and oxygen atoms in total. The number of nitrogens with one attached hydrogen (secondary N) is 1. The van der Waals surface area contributed by atoms with Gasteiger partial charge in [-0.05, 0) is 24.6 Å². The van der Waals surface area contributed by atoms with Crippen LogP contribution in [0.25, 0.3) is 0 Å². The number of benzene rings is 1. The Morgan fingerprint density at radius 3 is 3.13 bits per heavy atom. The number of hydrogen-bond acceptors (Lipinski definition) is 2. The first-order valence-corrected chi connectivity index (χ1v) is 6.84. The zero-order valence-electron chi connectivity index (χ0n) is 8.63. The van der Waals surface area contributed by atoms with Gasteiger partial charge in [0.2, 0.25) is 0 Å². The summed E-state index contributed by atoms with van der Waals surface area (Å²) in [7, 11) is -0.923. The second-order valence-corrected chi connectivity index (χ2v) is 5.52. The lowest BCUT2D eigenvalue weighted by atomic mass is 10.0. The van der Waals surface area contributed by atoms with Crippen molar-refractivity contribution in [2.75, 3.05) is 12.3 Å². The lowest BCUT2D eigenvalue weighted by Crippen LogP contribution is -2.27. The first kappa shape index (κ1) is 11.1. The van der Waals surface area contributed by atoms with Crippen molar-refractivity contribution in [3.63, 3.8) is 0 Å². The van der Waals surface area contributed by atoms with E-state index in [4.69, 9.17) is 11.6 Å². The Morgan fingerprint density at radius 1 is 1.60 bits per heavy atom. The fourth-order valence-electron chi connectivity index (χ4n) is 1.98. The van der Waals surface area contributed by atoms with Crippen LogP contribution in [-0.4, -0.2) is 16.5 Å². The molecule has 0 bridgehead atoms. The number of halogens is 1. The van der Waals surface area contributed by atoms with Crippen LogP contribution in [0.2, 0.25) is 5.02 Å². The molecule has 1 aromatic rings. The lowest BCUT2D eigenvalue weighted by molar-refractivity contribution is 0.520. The topological polar surface area (TPSA) is 29.1 Å². The summed E-state index contributed by atoms with van der Waals surface area (Å²) in [5.74, 6) is 0.703. The molecule has 0 saturated heterocycles. The largest absolute Gasteiger partial charge is 0.310 e. The summed E-state index contributed by atoms with van der Waals surface area (Å²) in [4.78, 5) is 0.830. The SMILES string of the molecule is CCNC1CCS(=O)c2c(Cl)cccc21. The van der Waals surface area contributed by atoms with E-state index in [0.29, 0.717) is 16.8 Å². The van der Waals surface area contributed by atoms with Crippen LogP contribution in [0.4, 0.5) is 0 Å². The van der Waals surface area contributed by atoms with E-state index in [0.717, 1.165) is 23.4 Å². The van der Waals surface area contributed by atoms with Crippen LogP contribution in [0.1, 0.15) is 24.9 Å². The van der Waals surface area contributed by atoms with Gasteiger partial charge in [0.25, 0.3) is 0 Å². The number of fused-ring (bicyclic) bond motifs is 1. The highest BCUT2D eigenvalue weighted by Gasteiger charge is 2.25. The number of hydrogen-bond donors (Lipinski definition) is 1.